The number of carbonyl (C=O) groups is 2. The predicted octanol–water partition coefficient (Wildman–Crippen LogP) is 2.39. The Balaban J connectivity index is 2.83. The van der Waals surface area contributed by atoms with E-state index in [0.717, 1.165) is 32.4 Å². The van der Waals surface area contributed by atoms with Gasteiger partial charge in [0.2, 0.25) is 0 Å². The summed E-state index contributed by atoms with van der Waals surface area (Å²) in [6.07, 6.45) is -12.3. The summed E-state index contributed by atoms with van der Waals surface area (Å²) in [7, 11) is 1.84. The summed E-state index contributed by atoms with van der Waals surface area (Å²) in [4.78, 5) is 24.8. The minimum atomic E-state index is -6.17. The van der Waals surface area contributed by atoms with Gasteiger partial charge in [0.05, 0.1) is 32.1 Å². The second-order valence-electron chi connectivity index (χ2n) is 5.94. The maximum absolute atomic E-state index is 13.4. The lowest BCUT2D eigenvalue weighted by Gasteiger charge is -2.38. The number of rotatable bonds is 4. The zero-order chi connectivity index (χ0) is 22.9. The smallest absolute Gasteiger partial charge is 0.430 e. The molecule has 0 spiro atoms. The lowest BCUT2D eigenvalue weighted by Crippen LogP contribution is -2.54. The Morgan fingerprint density at radius 2 is 1.53 bits per heavy atom. The number of para-hydroxylation sites is 1. The van der Waals surface area contributed by atoms with Crippen molar-refractivity contribution in [2.45, 2.75) is 18.0 Å². The van der Waals surface area contributed by atoms with E-state index in [2.05, 4.69) is 9.47 Å². The van der Waals surface area contributed by atoms with Crippen molar-refractivity contribution in [3.8, 4) is 0 Å². The number of benzene rings is 1. The quantitative estimate of drug-likeness (QED) is 0.565. The molecule has 13 heteroatoms. The molecule has 0 saturated heterocycles. The summed E-state index contributed by atoms with van der Waals surface area (Å²) in [5, 5.41) is 9.83. The van der Waals surface area contributed by atoms with Crippen LogP contribution in [0.3, 0.4) is 0 Å². The molecule has 7 nitrogen and oxygen atoms in total. The molecular weight excluding hydrogens is 428 g/mol. The van der Waals surface area contributed by atoms with Gasteiger partial charge in [0.1, 0.15) is 12.4 Å². The van der Waals surface area contributed by atoms with Crippen LogP contribution < -0.4 is 4.90 Å². The molecule has 1 aliphatic rings. The van der Waals surface area contributed by atoms with Crippen molar-refractivity contribution in [3.05, 3.63) is 41.1 Å². The normalized spacial score (nSPS) is 15.8. The molecule has 30 heavy (non-hydrogen) atoms. The molecule has 1 N–H and O–H groups in total. The number of hydrogen-bond donors (Lipinski definition) is 1. The summed E-state index contributed by atoms with van der Waals surface area (Å²) in [6, 6.07) is 3.12. The lowest BCUT2D eigenvalue weighted by atomic mass is 9.90. The second-order valence-corrected chi connectivity index (χ2v) is 5.94. The minimum Gasteiger partial charge on any atom is -0.466 e. The van der Waals surface area contributed by atoms with Crippen LogP contribution in [0, 0.1) is 0 Å². The van der Waals surface area contributed by atoms with E-state index in [4.69, 9.17) is 4.74 Å². The Bertz CT molecular complexity index is 849. The standard InChI is InChI=1S/C17H15F6NO6/c1-28-13(25)9-7-30-8-24(12(9)14(26)29-2)11-6-4-3-5-10(11)15(27,16(18,19)20)17(21,22)23/h3-6,27H,7-8H2,1-2H3. The van der Waals surface area contributed by atoms with Gasteiger partial charge in [0.25, 0.3) is 5.60 Å². The van der Waals surface area contributed by atoms with Crippen LogP contribution >= 0.6 is 0 Å². The van der Waals surface area contributed by atoms with Gasteiger partial charge in [-0.25, -0.2) is 9.59 Å². The molecule has 0 radical (unpaired) electrons. The Kier molecular flexibility index (Phi) is 6.37. The van der Waals surface area contributed by atoms with Gasteiger partial charge in [-0.15, -0.1) is 0 Å². The largest absolute Gasteiger partial charge is 0.466 e. The van der Waals surface area contributed by atoms with Crippen LogP contribution in [0.1, 0.15) is 5.56 Å². The third-order valence-corrected chi connectivity index (χ3v) is 4.24. The van der Waals surface area contributed by atoms with Crippen LogP contribution in [0.2, 0.25) is 0 Å². The van der Waals surface area contributed by atoms with Gasteiger partial charge in [-0.1, -0.05) is 18.2 Å². The van der Waals surface area contributed by atoms with Gasteiger partial charge in [-0.2, -0.15) is 26.3 Å². The van der Waals surface area contributed by atoms with Crippen LogP contribution in [-0.4, -0.2) is 57.0 Å². The van der Waals surface area contributed by atoms with E-state index in [1.54, 1.807) is 0 Å². The Labute approximate surface area is 165 Å². The zero-order valence-corrected chi connectivity index (χ0v) is 15.4. The van der Waals surface area contributed by atoms with Crippen LogP contribution in [0.15, 0.2) is 35.5 Å². The summed E-state index contributed by atoms with van der Waals surface area (Å²) in [5.74, 6) is -2.35. The highest BCUT2D eigenvalue weighted by molar-refractivity contribution is 6.03. The van der Waals surface area contributed by atoms with Gasteiger partial charge in [0, 0.05) is 5.56 Å². The van der Waals surface area contributed by atoms with E-state index < -0.39 is 65.8 Å². The molecule has 0 unspecified atom stereocenters. The molecule has 2 rings (SSSR count). The number of esters is 2. The summed E-state index contributed by atoms with van der Waals surface area (Å²) < 4.78 is 94.6. The highest BCUT2D eigenvalue weighted by atomic mass is 19.4. The molecule has 1 aromatic carbocycles. The number of nitrogens with zero attached hydrogens (tertiary/aromatic N) is 1. The van der Waals surface area contributed by atoms with Crippen LogP contribution in [-0.2, 0) is 29.4 Å². The fraction of sp³-hybridized carbons (Fsp3) is 0.412. The molecule has 0 amide bonds. The SMILES string of the molecule is COC(=O)C1=C(C(=O)OC)N(c2ccccc2C(O)(C(F)(F)F)C(F)(F)F)COC1. The first-order valence-corrected chi connectivity index (χ1v) is 8.01. The first-order valence-electron chi connectivity index (χ1n) is 8.01. The van der Waals surface area contributed by atoms with Crippen LogP contribution in [0.4, 0.5) is 32.0 Å². The third-order valence-electron chi connectivity index (χ3n) is 4.24. The molecule has 0 atom stereocenters. The maximum Gasteiger partial charge on any atom is 0.430 e. The van der Waals surface area contributed by atoms with E-state index in [1.165, 1.54) is 0 Å². The molecule has 0 aromatic heterocycles. The highest BCUT2D eigenvalue weighted by Gasteiger charge is 2.72. The predicted molar refractivity (Wildman–Crippen MR) is 86.8 cm³/mol. The zero-order valence-electron chi connectivity index (χ0n) is 15.4. The molecule has 0 bridgehead atoms. The monoisotopic (exact) mass is 443 g/mol. The number of methoxy groups -OCH3 is 2. The Hall–Kier alpha value is -2.80. The number of halogens is 6. The second kappa shape index (κ2) is 8.14. The van der Waals surface area contributed by atoms with Crippen LogP contribution in [0.25, 0.3) is 0 Å². The Morgan fingerprint density at radius 3 is 2.03 bits per heavy atom. The molecule has 0 aliphatic carbocycles. The number of aliphatic hydroxyl groups is 1. The number of carbonyl (C=O) groups excluding carboxylic acids is 2. The topological polar surface area (TPSA) is 85.3 Å². The van der Waals surface area contributed by atoms with Crippen molar-refractivity contribution in [2.24, 2.45) is 0 Å². The molecular formula is C17H15F6NO6. The van der Waals surface area contributed by atoms with Gasteiger partial charge in [-0.3, -0.25) is 0 Å². The van der Waals surface area contributed by atoms with E-state index in [-0.39, 0.29) is 0 Å². The lowest BCUT2D eigenvalue weighted by molar-refractivity contribution is -0.376. The average molecular weight is 443 g/mol. The van der Waals surface area contributed by atoms with Crippen molar-refractivity contribution in [3.63, 3.8) is 0 Å². The minimum absolute atomic E-state index is 0.400. The average Bonchev–Trinajstić information content (AvgIpc) is 2.69. The van der Waals surface area contributed by atoms with E-state index >= 15 is 0 Å². The maximum atomic E-state index is 13.4. The Morgan fingerprint density at radius 1 is 1.00 bits per heavy atom. The molecule has 1 heterocycles. The van der Waals surface area contributed by atoms with Gasteiger partial charge in [0.15, 0.2) is 0 Å². The van der Waals surface area contributed by atoms with Crippen LogP contribution in [0.5, 0.6) is 0 Å². The van der Waals surface area contributed by atoms with Crippen molar-refractivity contribution in [1.82, 2.24) is 0 Å². The first kappa shape index (κ1) is 23.5. The molecule has 1 aliphatic heterocycles. The molecule has 1 aromatic rings. The summed E-state index contributed by atoms with van der Waals surface area (Å²) in [5.41, 5.74) is -8.96. The first-order chi connectivity index (χ1) is 13.8. The van der Waals surface area contributed by atoms with Gasteiger partial charge in [-0.05, 0) is 6.07 Å². The fourth-order valence-corrected chi connectivity index (χ4v) is 2.81. The molecule has 166 valence electrons. The molecule has 0 fully saturated rings. The third kappa shape index (κ3) is 3.81. The summed E-state index contributed by atoms with van der Waals surface area (Å²) >= 11 is 0. The van der Waals surface area contributed by atoms with Gasteiger partial charge >= 0.3 is 24.3 Å². The van der Waals surface area contributed by atoms with Crippen molar-refractivity contribution in [2.75, 3.05) is 32.5 Å². The fourth-order valence-electron chi connectivity index (χ4n) is 2.81. The van der Waals surface area contributed by atoms with E-state index in [0.29, 0.717) is 11.0 Å². The number of hydrogen-bond acceptors (Lipinski definition) is 7. The number of alkyl halides is 6. The van der Waals surface area contributed by atoms with Gasteiger partial charge < -0.3 is 24.2 Å². The number of ether oxygens (including phenoxy) is 3. The van der Waals surface area contributed by atoms with Crippen molar-refractivity contribution in [1.29, 1.82) is 0 Å². The van der Waals surface area contributed by atoms with E-state index in [9.17, 15) is 41.0 Å². The number of anilines is 1. The molecule has 0 saturated carbocycles. The van der Waals surface area contributed by atoms with Crippen molar-refractivity contribution >= 4 is 17.6 Å². The summed E-state index contributed by atoms with van der Waals surface area (Å²) in [6.45, 7) is -1.23. The van der Waals surface area contributed by atoms with Crippen molar-refractivity contribution < 1.29 is 55.2 Å². The highest BCUT2D eigenvalue weighted by Crippen LogP contribution is 2.52. The van der Waals surface area contributed by atoms with E-state index in [1.807, 2.05) is 0 Å².